The first kappa shape index (κ1) is 21.1. The van der Waals surface area contributed by atoms with Gasteiger partial charge >= 0.3 is 0 Å². The number of nitro groups is 1. The summed E-state index contributed by atoms with van der Waals surface area (Å²) in [6.45, 7) is 1.62. The summed E-state index contributed by atoms with van der Waals surface area (Å²) in [6, 6.07) is 12.6. The Kier molecular flexibility index (Phi) is 5.08. The molecule has 33 heavy (non-hydrogen) atoms. The molecule has 5 rings (SSSR count). The minimum Gasteiger partial charge on any atom is -0.324 e. The maximum Gasteiger partial charge on any atom is 0.274 e. The van der Waals surface area contributed by atoms with E-state index in [9.17, 15) is 24.5 Å². The zero-order valence-corrected chi connectivity index (χ0v) is 18.0. The van der Waals surface area contributed by atoms with Gasteiger partial charge in [-0.3, -0.25) is 29.4 Å². The SMILES string of the molecule is Cc1ccc(NC(=O)[C@@H](Cc2ccccc2)N2C(=O)[C@@H]3[C@H](C2=O)[C@@H]2C=C[C@H]3C2)cc1[N+](=O)[O-]. The van der Waals surface area contributed by atoms with E-state index >= 15 is 0 Å². The molecule has 5 atom stereocenters. The molecule has 1 aliphatic heterocycles. The Morgan fingerprint density at radius 2 is 1.73 bits per heavy atom. The van der Waals surface area contributed by atoms with Gasteiger partial charge in [0.2, 0.25) is 17.7 Å². The van der Waals surface area contributed by atoms with Gasteiger partial charge in [0.05, 0.1) is 16.8 Å². The zero-order chi connectivity index (χ0) is 23.3. The summed E-state index contributed by atoms with van der Waals surface area (Å²) in [4.78, 5) is 52.1. The van der Waals surface area contributed by atoms with Crippen LogP contribution in [0.5, 0.6) is 0 Å². The fourth-order valence-electron chi connectivity index (χ4n) is 5.48. The first-order valence-electron chi connectivity index (χ1n) is 11.0. The van der Waals surface area contributed by atoms with Gasteiger partial charge in [0, 0.05) is 23.7 Å². The molecule has 1 heterocycles. The number of carbonyl (C=O) groups is 3. The number of rotatable bonds is 6. The Morgan fingerprint density at radius 1 is 1.09 bits per heavy atom. The van der Waals surface area contributed by atoms with E-state index in [0.717, 1.165) is 16.9 Å². The van der Waals surface area contributed by atoms with Crippen LogP contribution in [0.1, 0.15) is 17.5 Å². The second kappa shape index (κ2) is 7.95. The van der Waals surface area contributed by atoms with E-state index in [0.29, 0.717) is 5.56 Å². The van der Waals surface area contributed by atoms with E-state index in [2.05, 4.69) is 5.32 Å². The lowest BCUT2D eigenvalue weighted by Crippen LogP contribution is -2.49. The maximum absolute atomic E-state index is 13.4. The monoisotopic (exact) mass is 445 g/mol. The van der Waals surface area contributed by atoms with Crippen molar-refractivity contribution in [1.29, 1.82) is 0 Å². The number of amides is 3. The van der Waals surface area contributed by atoms with Gasteiger partial charge in [-0.1, -0.05) is 48.6 Å². The molecule has 0 spiro atoms. The summed E-state index contributed by atoms with van der Waals surface area (Å²) in [5.74, 6) is -1.86. The molecule has 3 aliphatic rings. The van der Waals surface area contributed by atoms with Crippen molar-refractivity contribution in [3.8, 4) is 0 Å². The number of nitrogens with zero attached hydrogens (tertiary/aromatic N) is 2. The van der Waals surface area contributed by atoms with Crippen LogP contribution in [-0.4, -0.2) is 33.6 Å². The number of likely N-dealkylation sites (tertiary alicyclic amines) is 1. The molecule has 2 aromatic rings. The van der Waals surface area contributed by atoms with Gasteiger partial charge in [-0.2, -0.15) is 0 Å². The molecule has 168 valence electrons. The van der Waals surface area contributed by atoms with Crippen LogP contribution in [0.25, 0.3) is 0 Å². The number of anilines is 1. The van der Waals surface area contributed by atoms with Crippen LogP contribution in [0.2, 0.25) is 0 Å². The third-order valence-electron chi connectivity index (χ3n) is 7.06. The number of nitrogens with one attached hydrogen (secondary N) is 1. The van der Waals surface area contributed by atoms with Crippen LogP contribution in [0, 0.1) is 40.7 Å². The molecule has 0 unspecified atom stereocenters. The van der Waals surface area contributed by atoms with E-state index in [-0.39, 0.29) is 41.4 Å². The second-order valence-corrected chi connectivity index (χ2v) is 9.00. The third-order valence-corrected chi connectivity index (χ3v) is 7.06. The normalized spacial score (nSPS) is 25.9. The van der Waals surface area contributed by atoms with Gasteiger partial charge in [-0.15, -0.1) is 0 Å². The minimum absolute atomic E-state index is 0.0432. The van der Waals surface area contributed by atoms with Crippen molar-refractivity contribution in [2.45, 2.75) is 25.8 Å². The Bertz CT molecular complexity index is 1160. The topological polar surface area (TPSA) is 110 Å². The largest absolute Gasteiger partial charge is 0.324 e. The smallest absolute Gasteiger partial charge is 0.274 e. The average molecular weight is 445 g/mol. The number of fused-ring (bicyclic) bond motifs is 5. The minimum atomic E-state index is -1.04. The quantitative estimate of drug-likeness (QED) is 0.318. The van der Waals surface area contributed by atoms with Crippen LogP contribution in [0.15, 0.2) is 60.7 Å². The molecule has 1 N–H and O–H groups in total. The first-order chi connectivity index (χ1) is 15.8. The predicted octanol–water partition coefficient (Wildman–Crippen LogP) is 3.26. The number of hydrogen-bond donors (Lipinski definition) is 1. The number of aryl methyl sites for hydroxylation is 1. The summed E-state index contributed by atoms with van der Waals surface area (Å²) >= 11 is 0. The third kappa shape index (κ3) is 3.51. The van der Waals surface area contributed by atoms with E-state index in [1.807, 2.05) is 42.5 Å². The van der Waals surface area contributed by atoms with Crippen molar-refractivity contribution in [2.24, 2.45) is 23.7 Å². The lowest BCUT2D eigenvalue weighted by atomic mass is 9.85. The molecule has 1 saturated heterocycles. The highest BCUT2D eigenvalue weighted by Gasteiger charge is 2.61. The average Bonchev–Trinajstić information content (AvgIpc) is 3.48. The zero-order valence-electron chi connectivity index (χ0n) is 18.0. The summed E-state index contributed by atoms with van der Waals surface area (Å²) in [6.07, 6.45) is 5.00. The van der Waals surface area contributed by atoms with E-state index in [1.54, 1.807) is 19.1 Å². The van der Waals surface area contributed by atoms with Gasteiger partial charge < -0.3 is 5.32 Å². The summed E-state index contributed by atoms with van der Waals surface area (Å²) in [5.41, 5.74) is 1.42. The molecule has 2 aliphatic carbocycles. The van der Waals surface area contributed by atoms with Crippen LogP contribution in [-0.2, 0) is 20.8 Å². The fraction of sp³-hybridized carbons (Fsp3) is 0.320. The Hall–Kier alpha value is -3.81. The van der Waals surface area contributed by atoms with Gasteiger partial charge in [0.1, 0.15) is 6.04 Å². The van der Waals surface area contributed by atoms with Gasteiger partial charge in [-0.25, -0.2) is 0 Å². The highest BCUT2D eigenvalue weighted by molar-refractivity contribution is 6.11. The molecular formula is C25H23N3O5. The number of hydrogen-bond acceptors (Lipinski definition) is 5. The molecule has 2 aromatic carbocycles. The van der Waals surface area contributed by atoms with Crippen LogP contribution < -0.4 is 5.32 Å². The first-order valence-corrected chi connectivity index (χ1v) is 11.0. The van der Waals surface area contributed by atoms with Crippen LogP contribution in [0.3, 0.4) is 0 Å². The van der Waals surface area contributed by atoms with Crippen LogP contribution in [0.4, 0.5) is 11.4 Å². The van der Waals surface area contributed by atoms with Gasteiger partial charge in [0.15, 0.2) is 0 Å². The van der Waals surface area contributed by atoms with E-state index < -0.39 is 28.7 Å². The molecular weight excluding hydrogens is 422 g/mol. The molecule has 3 amide bonds. The number of allylic oxidation sites excluding steroid dienone is 2. The lowest BCUT2D eigenvalue weighted by molar-refractivity contribution is -0.385. The number of carbonyl (C=O) groups excluding carboxylic acids is 3. The van der Waals surface area contributed by atoms with E-state index in [1.165, 1.54) is 6.07 Å². The highest BCUT2D eigenvalue weighted by atomic mass is 16.6. The highest BCUT2D eigenvalue weighted by Crippen LogP contribution is 2.53. The Labute approximate surface area is 190 Å². The number of nitro benzene ring substituents is 1. The molecule has 0 aromatic heterocycles. The second-order valence-electron chi connectivity index (χ2n) is 9.00. The fourth-order valence-corrected chi connectivity index (χ4v) is 5.48. The van der Waals surface area contributed by atoms with Crippen molar-refractivity contribution in [3.05, 3.63) is 81.9 Å². The Morgan fingerprint density at radius 3 is 2.33 bits per heavy atom. The van der Waals surface area contributed by atoms with Crippen LogP contribution >= 0.6 is 0 Å². The van der Waals surface area contributed by atoms with Gasteiger partial charge in [0.25, 0.3) is 5.69 Å². The maximum atomic E-state index is 13.4. The van der Waals surface area contributed by atoms with Crippen molar-refractivity contribution in [2.75, 3.05) is 5.32 Å². The molecule has 0 radical (unpaired) electrons. The molecule has 2 bridgehead atoms. The standard InChI is InChI=1S/C25H23N3O5/c1-14-7-10-18(13-19(14)28(32)33)26-23(29)20(11-15-5-3-2-4-6-15)27-24(30)21-16-8-9-17(12-16)22(21)25(27)31/h2-10,13,16-17,20-22H,11-12H2,1H3,(H,26,29)/t16-,17+,20-,21-,22+/m1/s1. The molecule has 8 nitrogen and oxygen atoms in total. The molecule has 1 saturated carbocycles. The summed E-state index contributed by atoms with van der Waals surface area (Å²) in [7, 11) is 0. The van der Waals surface area contributed by atoms with Crippen molar-refractivity contribution in [3.63, 3.8) is 0 Å². The molecule has 2 fully saturated rings. The summed E-state index contributed by atoms with van der Waals surface area (Å²) in [5, 5.41) is 14.0. The van der Waals surface area contributed by atoms with Gasteiger partial charge in [-0.05, 0) is 36.8 Å². The number of benzene rings is 2. The van der Waals surface area contributed by atoms with Crippen molar-refractivity contribution in [1.82, 2.24) is 4.90 Å². The molecule has 8 heteroatoms. The number of imide groups is 1. The summed E-state index contributed by atoms with van der Waals surface area (Å²) < 4.78 is 0. The van der Waals surface area contributed by atoms with Crippen molar-refractivity contribution >= 4 is 29.1 Å². The predicted molar refractivity (Wildman–Crippen MR) is 120 cm³/mol. The lowest BCUT2D eigenvalue weighted by Gasteiger charge is -2.27. The van der Waals surface area contributed by atoms with E-state index in [4.69, 9.17) is 0 Å². The van der Waals surface area contributed by atoms with Crippen molar-refractivity contribution < 1.29 is 19.3 Å². The Balaban J connectivity index is 1.46.